The summed E-state index contributed by atoms with van der Waals surface area (Å²) in [6, 6.07) is 0. The maximum atomic E-state index is 10.4. The van der Waals surface area contributed by atoms with Crippen molar-refractivity contribution in [1.29, 1.82) is 0 Å². The number of ether oxygens (including phenoxy) is 8. The van der Waals surface area contributed by atoms with Gasteiger partial charge in [0.2, 0.25) is 0 Å². The molecule has 12 fully saturated rings. The third-order valence-electron chi connectivity index (χ3n) is 13.3. The number of hydrogen-bond acceptors (Lipinski definition) is 24. The SMILES string of the molecule is C=C(C[CH2-])NCCN(CCNC(C)=S)CCNC(C)=S.C=[C-]N[CH2-].C=[C-]N[CH2-].[CH2-]C1O[C@H]2OC3C(CO)O[C@@H](OCCCCC1C(O)C2O)C(O)C3O.[CH2-]C1O[C@H]2OC3C(CO)O[C@@H](OCCCCC1C(O)C2O)C(O)C3O.[W].[Y].[Y]. The maximum Gasteiger partial charge on any atom is 0.186 e. The third-order valence-corrected chi connectivity index (χ3v) is 13.6. The van der Waals surface area contributed by atoms with E-state index in [2.05, 4.69) is 98.5 Å². The molecule has 24 nitrogen and oxygen atoms in total. The molecule has 29 heteroatoms. The molecule has 0 aromatic rings. The monoisotopic (exact) mass is 1510 g/mol. The van der Waals surface area contributed by atoms with Crippen LogP contribution in [0.1, 0.15) is 58.8 Å². The van der Waals surface area contributed by atoms with Gasteiger partial charge in [0.15, 0.2) is 25.2 Å². The van der Waals surface area contributed by atoms with Crippen molar-refractivity contribution in [3.63, 3.8) is 0 Å². The molecular formula is C52H91N6O18S2WY2-7. The molecule has 0 aliphatic carbocycles. The van der Waals surface area contributed by atoms with Crippen LogP contribution < -0.4 is 26.6 Å². The summed E-state index contributed by atoms with van der Waals surface area (Å²) in [5.74, 6) is -0.703. The van der Waals surface area contributed by atoms with Crippen molar-refractivity contribution in [3.05, 3.63) is 72.7 Å². The number of nitrogens with one attached hydrogen (secondary N) is 5. The van der Waals surface area contributed by atoms with Crippen molar-refractivity contribution in [1.82, 2.24) is 31.5 Å². The largest absolute Gasteiger partial charge is 0.713 e. The van der Waals surface area contributed by atoms with Gasteiger partial charge in [-0.15, -0.1) is 6.42 Å². The van der Waals surface area contributed by atoms with Crippen molar-refractivity contribution in [2.24, 2.45) is 11.8 Å². The quantitative estimate of drug-likeness (QED) is 0.0476. The van der Waals surface area contributed by atoms with E-state index < -0.39 is 124 Å². The average molecular weight is 1510 g/mol. The summed E-state index contributed by atoms with van der Waals surface area (Å²) in [6.07, 6.45) is -11.6. The minimum Gasteiger partial charge on any atom is -0.713 e. The molecule has 0 amide bonds. The molecule has 12 saturated heterocycles. The summed E-state index contributed by atoms with van der Waals surface area (Å²) in [7, 11) is 6.36. The van der Waals surface area contributed by atoms with E-state index in [4.69, 9.17) is 62.3 Å². The van der Waals surface area contributed by atoms with Crippen molar-refractivity contribution in [3.8, 4) is 0 Å². The fraction of sp³-hybridized carbons (Fsp3) is 0.750. The molecule has 468 valence electrons. The zero-order chi connectivity index (χ0) is 58.5. The predicted molar refractivity (Wildman–Crippen MR) is 295 cm³/mol. The molecule has 0 aromatic heterocycles. The van der Waals surface area contributed by atoms with Gasteiger partial charge in [-0.05, 0) is 57.1 Å². The number of hydrogen-bond donors (Lipinski definition) is 15. The van der Waals surface area contributed by atoms with Crippen molar-refractivity contribution >= 4 is 34.4 Å². The standard InChI is InChI=1S/2C16H27O9.C14H27N4S2.2C3H5N.W.2Y/c2*1-7-8-4-2-3-5-22-15-13(21)11(19)14(9(6-17)24-15)25-16(23-7)12(20)10(8)18;1-5-12(2)15-6-9-18(10-7-16-13(3)19)11-8-17-14(4)20;2*1-3-4-2;;;/h2*7-21H,1-6H2;15H,1-2,5-11H2,3-4H3,(H,16,19)(H,17,20);2*4H,1-2H2;;;/q3*-1;2*-2;;;/t2*7?,8?,9?,10?,11?,12?,13?,14?,15-,16+;;;;;;/m11....../s1. The molecule has 0 spiro atoms. The van der Waals surface area contributed by atoms with Gasteiger partial charge in [0, 0.05) is 139 Å². The van der Waals surface area contributed by atoms with Crippen LogP contribution in [0.3, 0.4) is 0 Å². The van der Waals surface area contributed by atoms with Crippen LogP contribution in [0.4, 0.5) is 0 Å². The van der Waals surface area contributed by atoms with Gasteiger partial charge >= 0.3 is 0 Å². The Morgan fingerprint density at radius 1 is 0.556 bits per heavy atom. The Bertz CT molecular complexity index is 1600. The molecular weight excluding hydrogens is 1420 g/mol. The van der Waals surface area contributed by atoms with Gasteiger partial charge in [0.05, 0.1) is 35.4 Å². The van der Waals surface area contributed by atoms with E-state index in [1.54, 1.807) is 0 Å². The van der Waals surface area contributed by atoms with Gasteiger partial charge in [-0.1, -0.05) is 56.1 Å². The molecule has 12 heterocycles. The number of aliphatic hydroxyl groups excluding tert-OH is 10. The summed E-state index contributed by atoms with van der Waals surface area (Å²) in [5.41, 5.74) is 0.977. The summed E-state index contributed by atoms with van der Waals surface area (Å²) in [6.45, 7) is 30.6. The summed E-state index contributed by atoms with van der Waals surface area (Å²) < 4.78 is 44.3. The Morgan fingerprint density at radius 2 is 0.889 bits per heavy atom. The first-order chi connectivity index (χ1) is 37.1. The Morgan fingerprint density at radius 3 is 1.20 bits per heavy atom. The number of thiocarbonyl (C=S) groups is 2. The van der Waals surface area contributed by atoms with E-state index in [0.717, 1.165) is 61.4 Å². The first-order valence-corrected chi connectivity index (χ1v) is 27.0. The predicted octanol–water partition coefficient (Wildman–Crippen LogP) is -2.07. The van der Waals surface area contributed by atoms with Gasteiger partial charge in [0.1, 0.15) is 61.0 Å². The maximum absolute atomic E-state index is 10.4. The average Bonchev–Trinajstić information content (AvgIpc) is 3.41. The molecule has 2 radical (unpaired) electrons. The van der Waals surface area contributed by atoms with Gasteiger partial charge in [-0.25, -0.2) is 0 Å². The molecule has 0 aromatic carbocycles. The second kappa shape index (κ2) is 46.6. The molecule has 12 rings (SSSR count). The summed E-state index contributed by atoms with van der Waals surface area (Å²) in [5, 5.41) is 116. The number of aliphatic hydroxyl groups is 10. The van der Waals surface area contributed by atoms with Crippen LogP contribution in [0.25, 0.3) is 0 Å². The molecule has 12 aliphatic heterocycles. The fourth-order valence-electron chi connectivity index (χ4n) is 8.90. The van der Waals surface area contributed by atoms with Crippen LogP contribution in [0.2, 0.25) is 0 Å². The van der Waals surface area contributed by atoms with Crippen LogP contribution in [0.5, 0.6) is 0 Å². The second-order valence-corrected chi connectivity index (χ2v) is 20.2. The Balaban J connectivity index is 0. The zero-order valence-corrected chi connectivity index (χ0v) is 57.0. The van der Waals surface area contributed by atoms with Crippen LogP contribution in [0, 0.1) is 59.1 Å². The van der Waals surface area contributed by atoms with E-state index in [1.807, 2.05) is 13.8 Å². The van der Waals surface area contributed by atoms with Crippen LogP contribution in [-0.2, 0) is 124 Å². The molecule has 20 atom stereocenters. The van der Waals surface area contributed by atoms with E-state index in [9.17, 15) is 51.1 Å². The minimum absolute atomic E-state index is 0. The topological polar surface area (TPSA) is 340 Å². The Kier molecular flexibility index (Phi) is 48.1. The summed E-state index contributed by atoms with van der Waals surface area (Å²) >= 11 is 10.0. The second-order valence-electron chi connectivity index (χ2n) is 19.0. The summed E-state index contributed by atoms with van der Waals surface area (Å²) in [4.78, 5) is 4.03. The van der Waals surface area contributed by atoms with Crippen molar-refractivity contribution in [2.45, 2.75) is 169 Å². The van der Waals surface area contributed by atoms with Crippen molar-refractivity contribution < 1.29 is 175 Å². The molecule has 12 aliphatic rings. The van der Waals surface area contributed by atoms with Gasteiger partial charge < -0.3 is 149 Å². The third kappa shape index (κ3) is 29.2. The first kappa shape index (κ1) is 83.6. The molecule has 8 bridgehead atoms. The molecule has 0 saturated carbocycles. The molecule has 81 heavy (non-hydrogen) atoms. The van der Waals surface area contributed by atoms with Crippen molar-refractivity contribution in [2.75, 3.05) is 65.7 Å². The van der Waals surface area contributed by atoms with E-state index >= 15 is 0 Å². The van der Waals surface area contributed by atoms with Gasteiger partial charge in [-0.3, -0.25) is 32.2 Å². The Labute approximate surface area is 556 Å². The number of rotatable bonds is 15. The fourth-order valence-corrected chi connectivity index (χ4v) is 9.10. The Hall–Kier alpha value is 0.536. The van der Waals surface area contributed by atoms with Gasteiger partial charge in [0.25, 0.3) is 0 Å². The molecule has 16 unspecified atom stereocenters. The molecule has 15 N–H and O–H groups in total. The van der Waals surface area contributed by atoms with Gasteiger partial charge in [-0.2, -0.15) is 0 Å². The van der Waals surface area contributed by atoms with E-state index in [1.165, 1.54) is 0 Å². The zero-order valence-electron chi connectivity index (χ0n) is 46.8. The minimum atomic E-state index is -1.42. The van der Waals surface area contributed by atoms with E-state index in [-0.39, 0.29) is 112 Å². The van der Waals surface area contributed by atoms with E-state index in [0.29, 0.717) is 38.5 Å². The smallest absolute Gasteiger partial charge is 0.186 e. The van der Waals surface area contributed by atoms with Crippen LogP contribution in [0.15, 0.2) is 25.4 Å². The number of allylic oxidation sites excluding steroid dienone is 1. The first-order valence-electron chi connectivity index (χ1n) is 26.1. The van der Waals surface area contributed by atoms with Crippen LogP contribution in [-0.4, -0.2) is 242 Å². The van der Waals surface area contributed by atoms with Crippen LogP contribution >= 0.6 is 24.4 Å². The number of nitrogens with zero attached hydrogens (tertiary/aromatic N) is 1. The normalized spacial score (nSPS) is 35.2.